The molecule has 0 radical (unpaired) electrons. The Morgan fingerprint density at radius 1 is 1.53 bits per heavy atom. The number of carboxylic acids is 1. The summed E-state index contributed by atoms with van der Waals surface area (Å²) in [5, 5.41) is 12.8. The quantitative estimate of drug-likeness (QED) is 0.809. The first-order valence-electron chi connectivity index (χ1n) is 4.73. The Labute approximate surface area is 86.4 Å². The van der Waals surface area contributed by atoms with Crippen LogP contribution >= 0.6 is 0 Å². The van der Waals surface area contributed by atoms with Crippen molar-refractivity contribution in [3.63, 3.8) is 0 Å². The lowest BCUT2D eigenvalue weighted by molar-refractivity contribution is -0.136. The molecule has 0 aliphatic carbocycles. The van der Waals surface area contributed by atoms with Gasteiger partial charge in [0.1, 0.15) is 0 Å². The molecule has 0 aliphatic rings. The van der Waals surface area contributed by atoms with Crippen LogP contribution in [0.2, 0.25) is 0 Å². The molecular weight excluding hydrogens is 194 g/mol. The second-order valence-corrected chi connectivity index (χ2v) is 3.32. The first-order valence-corrected chi connectivity index (χ1v) is 4.73. The maximum Gasteiger partial charge on any atom is 0.308 e. The number of nitrogens with zero attached hydrogens (tertiary/aromatic N) is 3. The molecule has 0 saturated heterocycles. The average Bonchev–Trinajstić information content (AvgIpc) is 2.60. The smallest absolute Gasteiger partial charge is 0.308 e. The molecule has 0 fully saturated rings. The van der Waals surface area contributed by atoms with E-state index in [2.05, 4.69) is 10.1 Å². The van der Waals surface area contributed by atoms with Gasteiger partial charge >= 0.3 is 5.97 Å². The van der Waals surface area contributed by atoms with Crippen molar-refractivity contribution < 1.29 is 9.90 Å². The summed E-state index contributed by atoms with van der Waals surface area (Å²) in [4.78, 5) is 14.8. The summed E-state index contributed by atoms with van der Waals surface area (Å²) in [6, 6.07) is 0. The minimum Gasteiger partial charge on any atom is -0.481 e. The van der Waals surface area contributed by atoms with Gasteiger partial charge in [-0.25, -0.2) is 9.50 Å². The number of aryl methyl sites for hydroxylation is 1. The molecule has 2 rings (SSSR count). The van der Waals surface area contributed by atoms with E-state index in [4.69, 9.17) is 5.11 Å². The first-order chi connectivity index (χ1) is 7.20. The number of carboxylic acid groups (broad SMARTS) is 1. The number of hydrogen-bond donors (Lipinski definition) is 1. The summed E-state index contributed by atoms with van der Waals surface area (Å²) in [7, 11) is 0. The Balaban J connectivity index is 2.47. The van der Waals surface area contributed by atoms with Crippen molar-refractivity contribution in [1.82, 2.24) is 14.6 Å². The van der Waals surface area contributed by atoms with Crippen LogP contribution in [0.15, 0.2) is 18.6 Å². The van der Waals surface area contributed by atoms with E-state index in [1.165, 1.54) is 0 Å². The van der Waals surface area contributed by atoms with Crippen LogP contribution in [0.5, 0.6) is 0 Å². The van der Waals surface area contributed by atoms with Crippen molar-refractivity contribution >= 4 is 11.6 Å². The van der Waals surface area contributed by atoms with E-state index in [9.17, 15) is 4.79 Å². The first kappa shape index (κ1) is 9.64. The molecule has 5 nitrogen and oxygen atoms in total. The molecule has 2 aromatic heterocycles. The molecule has 78 valence electrons. The number of carbonyl (C=O) groups is 1. The van der Waals surface area contributed by atoms with Gasteiger partial charge in [0.05, 0.1) is 12.6 Å². The topological polar surface area (TPSA) is 67.5 Å². The van der Waals surface area contributed by atoms with E-state index in [1.807, 2.05) is 13.1 Å². The highest BCUT2D eigenvalue weighted by Gasteiger charge is 2.09. The number of aromatic nitrogens is 3. The maximum atomic E-state index is 10.6. The Morgan fingerprint density at radius 2 is 2.33 bits per heavy atom. The van der Waals surface area contributed by atoms with Gasteiger partial charge in [-0.15, -0.1) is 0 Å². The number of fused-ring (bicyclic) bond motifs is 1. The highest BCUT2D eigenvalue weighted by atomic mass is 16.4. The zero-order valence-electron chi connectivity index (χ0n) is 8.34. The second-order valence-electron chi connectivity index (χ2n) is 3.32. The molecule has 1 N–H and O–H groups in total. The molecule has 15 heavy (non-hydrogen) atoms. The van der Waals surface area contributed by atoms with E-state index in [1.54, 1.807) is 16.9 Å². The summed E-state index contributed by atoms with van der Waals surface area (Å²) in [5.41, 5.74) is 2.34. The molecule has 5 heteroatoms. The summed E-state index contributed by atoms with van der Waals surface area (Å²) in [6.45, 7) is 2.03. The second kappa shape index (κ2) is 3.68. The molecule has 0 amide bonds. The highest BCUT2D eigenvalue weighted by Crippen LogP contribution is 2.09. The molecular formula is C10H11N3O2. The van der Waals surface area contributed by atoms with Gasteiger partial charge in [0.25, 0.3) is 0 Å². The number of hydrogen-bond acceptors (Lipinski definition) is 3. The Morgan fingerprint density at radius 3 is 3.00 bits per heavy atom. The van der Waals surface area contributed by atoms with Crippen LogP contribution in [0.25, 0.3) is 5.65 Å². The van der Waals surface area contributed by atoms with Crippen LogP contribution in [-0.4, -0.2) is 25.7 Å². The van der Waals surface area contributed by atoms with Gasteiger partial charge in [0, 0.05) is 18.0 Å². The van der Waals surface area contributed by atoms with Crippen LogP contribution in [0, 0.1) is 0 Å². The summed E-state index contributed by atoms with van der Waals surface area (Å²) in [5.74, 6) is -0.869. The molecule has 2 aromatic rings. The summed E-state index contributed by atoms with van der Waals surface area (Å²) < 4.78 is 1.62. The van der Waals surface area contributed by atoms with Gasteiger partial charge in [-0.1, -0.05) is 6.92 Å². The molecule has 0 bridgehead atoms. The van der Waals surface area contributed by atoms with Crippen molar-refractivity contribution in [3.8, 4) is 0 Å². The van der Waals surface area contributed by atoms with Gasteiger partial charge < -0.3 is 5.11 Å². The number of rotatable bonds is 3. The lowest BCUT2D eigenvalue weighted by Gasteiger charge is -1.98. The SMILES string of the molecule is CCc1cnc2c(CC(=O)O)cnn2c1. The zero-order valence-corrected chi connectivity index (χ0v) is 8.34. The van der Waals surface area contributed by atoms with Gasteiger partial charge in [0.2, 0.25) is 0 Å². The molecule has 0 saturated carbocycles. The minimum absolute atomic E-state index is 0.0397. The van der Waals surface area contributed by atoms with Crippen LogP contribution < -0.4 is 0 Å². The fourth-order valence-corrected chi connectivity index (χ4v) is 1.43. The monoisotopic (exact) mass is 205 g/mol. The van der Waals surface area contributed by atoms with Gasteiger partial charge in [-0.3, -0.25) is 4.79 Å². The maximum absolute atomic E-state index is 10.6. The van der Waals surface area contributed by atoms with E-state index in [0.717, 1.165) is 12.0 Å². The van der Waals surface area contributed by atoms with E-state index >= 15 is 0 Å². The third-order valence-electron chi connectivity index (χ3n) is 2.23. The van der Waals surface area contributed by atoms with Gasteiger partial charge in [-0.2, -0.15) is 5.10 Å². The van der Waals surface area contributed by atoms with E-state index in [-0.39, 0.29) is 6.42 Å². The Hall–Kier alpha value is -1.91. The third-order valence-corrected chi connectivity index (χ3v) is 2.23. The van der Waals surface area contributed by atoms with Gasteiger partial charge in [-0.05, 0) is 12.0 Å². The molecule has 0 spiro atoms. The van der Waals surface area contributed by atoms with Crippen LogP contribution in [0.1, 0.15) is 18.1 Å². The predicted octanol–water partition coefficient (Wildman–Crippen LogP) is 0.919. The minimum atomic E-state index is -0.869. The Kier molecular flexibility index (Phi) is 2.37. The van der Waals surface area contributed by atoms with Crippen molar-refractivity contribution in [2.45, 2.75) is 19.8 Å². The summed E-state index contributed by atoms with van der Waals surface area (Å²) >= 11 is 0. The van der Waals surface area contributed by atoms with E-state index < -0.39 is 5.97 Å². The largest absolute Gasteiger partial charge is 0.481 e. The highest BCUT2D eigenvalue weighted by molar-refractivity contribution is 5.72. The third kappa shape index (κ3) is 1.81. The van der Waals surface area contributed by atoms with Crippen LogP contribution in [0.3, 0.4) is 0 Å². The van der Waals surface area contributed by atoms with Gasteiger partial charge in [0.15, 0.2) is 5.65 Å². The van der Waals surface area contributed by atoms with E-state index in [0.29, 0.717) is 11.2 Å². The lowest BCUT2D eigenvalue weighted by atomic mass is 10.2. The van der Waals surface area contributed by atoms with Crippen LogP contribution in [0.4, 0.5) is 0 Å². The fourth-order valence-electron chi connectivity index (χ4n) is 1.43. The number of aliphatic carboxylic acids is 1. The van der Waals surface area contributed by atoms with Crippen molar-refractivity contribution in [3.05, 3.63) is 29.7 Å². The molecule has 0 atom stereocenters. The predicted molar refractivity (Wildman–Crippen MR) is 53.7 cm³/mol. The molecule has 0 unspecified atom stereocenters. The van der Waals surface area contributed by atoms with Crippen molar-refractivity contribution in [2.24, 2.45) is 0 Å². The van der Waals surface area contributed by atoms with Crippen LogP contribution in [-0.2, 0) is 17.6 Å². The van der Waals surface area contributed by atoms with Crippen molar-refractivity contribution in [2.75, 3.05) is 0 Å². The molecule has 0 aliphatic heterocycles. The normalized spacial score (nSPS) is 10.7. The van der Waals surface area contributed by atoms with Crippen molar-refractivity contribution in [1.29, 1.82) is 0 Å². The molecule has 0 aromatic carbocycles. The molecule has 2 heterocycles. The lowest BCUT2D eigenvalue weighted by Crippen LogP contribution is -2.00. The Bertz CT molecular complexity index is 504. The zero-order chi connectivity index (χ0) is 10.8. The standard InChI is InChI=1S/C10H11N3O2/c1-2-7-4-11-10-8(3-9(14)15)5-12-13(10)6-7/h4-6H,2-3H2,1H3,(H,14,15). The fraction of sp³-hybridized carbons (Fsp3) is 0.300. The average molecular weight is 205 g/mol. The summed E-state index contributed by atoms with van der Waals surface area (Å²) in [6.07, 6.45) is 6.02.